The molecule has 2 aromatic heterocycles. The van der Waals surface area contributed by atoms with E-state index in [1.807, 2.05) is 12.1 Å². The second-order valence-corrected chi connectivity index (χ2v) is 8.79. The van der Waals surface area contributed by atoms with Crippen molar-refractivity contribution in [3.05, 3.63) is 44.5 Å². The normalized spacial score (nSPS) is 21.6. The fourth-order valence-electron chi connectivity index (χ4n) is 4.10. The highest BCUT2D eigenvalue weighted by molar-refractivity contribution is 7.12. The third-order valence-electron chi connectivity index (χ3n) is 5.62. The summed E-state index contributed by atoms with van der Waals surface area (Å²) in [6.45, 7) is 4.12. The number of aliphatic hydroxyl groups is 1. The Morgan fingerprint density at radius 1 is 1.25 bits per heavy atom. The van der Waals surface area contributed by atoms with Gasteiger partial charge in [0.25, 0.3) is 5.56 Å². The average Bonchev–Trinajstić information content (AvgIpc) is 3.16. The molecule has 0 aliphatic carbocycles. The van der Waals surface area contributed by atoms with Gasteiger partial charge in [-0.3, -0.25) is 9.69 Å². The van der Waals surface area contributed by atoms with Crippen molar-refractivity contribution < 1.29 is 5.11 Å². The molecule has 2 aliphatic heterocycles. The van der Waals surface area contributed by atoms with Crippen LogP contribution in [0.25, 0.3) is 0 Å². The van der Waals surface area contributed by atoms with Crippen LogP contribution in [0.1, 0.15) is 41.5 Å². The van der Waals surface area contributed by atoms with E-state index in [1.54, 1.807) is 16.9 Å². The van der Waals surface area contributed by atoms with Crippen molar-refractivity contribution >= 4 is 17.0 Å². The minimum Gasteiger partial charge on any atom is -0.393 e. The van der Waals surface area contributed by atoms with E-state index in [0.717, 1.165) is 69.0 Å². The number of likely N-dealkylation sites (tertiary alicyclic amines) is 1. The summed E-state index contributed by atoms with van der Waals surface area (Å²) in [6.07, 6.45) is 5.00. The summed E-state index contributed by atoms with van der Waals surface area (Å²) in [5, 5.41) is 23.1. The van der Waals surface area contributed by atoms with E-state index in [1.165, 1.54) is 16.2 Å². The lowest BCUT2D eigenvalue weighted by Crippen LogP contribution is -2.41. The van der Waals surface area contributed by atoms with Gasteiger partial charge in [-0.2, -0.15) is 10.4 Å². The first-order valence-corrected chi connectivity index (χ1v) is 10.7. The van der Waals surface area contributed by atoms with Crippen LogP contribution < -0.4 is 10.5 Å². The van der Waals surface area contributed by atoms with Crippen LogP contribution in [-0.4, -0.2) is 52.1 Å². The Kier molecular flexibility index (Phi) is 5.76. The summed E-state index contributed by atoms with van der Waals surface area (Å²) in [7, 11) is 0. The predicted molar refractivity (Wildman–Crippen MR) is 109 cm³/mol. The van der Waals surface area contributed by atoms with Gasteiger partial charge in [0.2, 0.25) is 0 Å². The number of thiophene rings is 1. The van der Waals surface area contributed by atoms with Crippen LogP contribution in [0.15, 0.2) is 29.2 Å². The lowest BCUT2D eigenvalue weighted by Gasteiger charge is -2.33. The fraction of sp³-hybridized carbons (Fsp3) is 0.550. The third-order valence-corrected chi connectivity index (χ3v) is 6.59. The highest BCUT2D eigenvalue weighted by atomic mass is 32.1. The molecule has 0 amide bonds. The smallest absolute Gasteiger partial charge is 0.269 e. The number of anilines is 1. The molecule has 0 saturated carbocycles. The molecule has 2 aromatic rings. The van der Waals surface area contributed by atoms with Crippen LogP contribution in [-0.2, 0) is 6.54 Å². The van der Waals surface area contributed by atoms with Crippen molar-refractivity contribution in [1.82, 2.24) is 14.7 Å². The number of aromatic nitrogens is 2. The van der Waals surface area contributed by atoms with Crippen molar-refractivity contribution in [1.29, 1.82) is 5.26 Å². The van der Waals surface area contributed by atoms with Gasteiger partial charge < -0.3 is 10.0 Å². The Hall–Kier alpha value is -2.21. The molecule has 8 heteroatoms. The Bertz CT molecular complexity index is 910. The minimum absolute atomic E-state index is 0.0571. The third kappa shape index (κ3) is 4.27. The first-order valence-electron chi connectivity index (χ1n) is 9.85. The zero-order valence-electron chi connectivity index (χ0n) is 15.8. The van der Waals surface area contributed by atoms with Crippen molar-refractivity contribution in [3.63, 3.8) is 0 Å². The molecule has 148 valence electrons. The van der Waals surface area contributed by atoms with E-state index < -0.39 is 0 Å². The second kappa shape index (κ2) is 8.43. The van der Waals surface area contributed by atoms with Crippen LogP contribution in [0.4, 0.5) is 5.69 Å². The van der Waals surface area contributed by atoms with Crippen LogP contribution >= 0.6 is 11.3 Å². The van der Waals surface area contributed by atoms with Crippen LogP contribution in [0, 0.1) is 11.3 Å². The molecule has 7 nitrogen and oxygen atoms in total. The number of hydrogen-bond donors (Lipinski definition) is 1. The molecule has 2 aliphatic rings. The summed E-state index contributed by atoms with van der Waals surface area (Å²) in [5.41, 5.74) is 0.793. The quantitative estimate of drug-likeness (QED) is 0.846. The molecule has 0 aromatic carbocycles. The van der Waals surface area contributed by atoms with Gasteiger partial charge in [-0.25, -0.2) is 4.68 Å². The van der Waals surface area contributed by atoms with E-state index >= 15 is 0 Å². The molecule has 2 saturated heterocycles. The molecule has 0 radical (unpaired) electrons. The van der Waals surface area contributed by atoms with Crippen LogP contribution in [0.5, 0.6) is 0 Å². The van der Waals surface area contributed by atoms with Crippen molar-refractivity contribution in [2.45, 2.75) is 44.4 Å². The van der Waals surface area contributed by atoms with Gasteiger partial charge in [0, 0.05) is 37.1 Å². The van der Waals surface area contributed by atoms with Crippen LogP contribution in [0.3, 0.4) is 0 Å². The molecule has 0 spiro atoms. The molecule has 4 rings (SSSR count). The van der Waals surface area contributed by atoms with E-state index in [-0.39, 0.29) is 17.7 Å². The standard InChI is InChI=1S/C20H25N5O2S/c21-11-18-3-4-19(28-18)14-23-7-1-2-15(13-23)25-20(27)10-16(12-22-25)24-8-5-17(26)6-9-24/h3-4,10,12,15,17,26H,1-2,5-9,13-14H2/t15-/m1/s1. The average molecular weight is 400 g/mol. The lowest BCUT2D eigenvalue weighted by atomic mass is 10.1. The molecule has 4 heterocycles. The molecule has 28 heavy (non-hydrogen) atoms. The van der Waals surface area contributed by atoms with Gasteiger partial charge in [-0.1, -0.05) is 0 Å². The first kappa shape index (κ1) is 19.1. The molecule has 2 fully saturated rings. The SMILES string of the molecule is N#Cc1ccc(CN2CCC[C@@H](n3ncc(N4CCC(O)CC4)cc3=O)C2)s1. The summed E-state index contributed by atoms with van der Waals surface area (Å²) in [6, 6.07) is 7.83. The number of piperidine rings is 2. The first-order chi connectivity index (χ1) is 13.6. The van der Waals surface area contributed by atoms with Crippen molar-refractivity contribution in [3.8, 4) is 6.07 Å². The largest absolute Gasteiger partial charge is 0.393 e. The predicted octanol–water partition coefficient (Wildman–Crippen LogP) is 1.97. The zero-order chi connectivity index (χ0) is 19.5. The summed E-state index contributed by atoms with van der Waals surface area (Å²) >= 11 is 1.53. The molecule has 0 unspecified atom stereocenters. The maximum absolute atomic E-state index is 12.7. The second-order valence-electron chi connectivity index (χ2n) is 7.62. The van der Waals surface area contributed by atoms with Gasteiger partial charge >= 0.3 is 0 Å². The van der Waals surface area contributed by atoms with E-state index in [2.05, 4.69) is 21.0 Å². The monoisotopic (exact) mass is 399 g/mol. The minimum atomic E-state index is -0.231. The number of rotatable bonds is 4. The zero-order valence-corrected chi connectivity index (χ0v) is 16.6. The molecule has 1 N–H and O–H groups in total. The number of hydrogen-bond acceptors (Lipinski definition) is 7. The molecule has 1 atom stereocenters. The fourth-order valence-corrected chi connectivity index (χ4v) is 4.94. The topological polar surface area (TPSA) is 85.4 Å². The van der Waals surface area contributed by atoms with Gasteiger partial charge in [0.15, 0.2) is 0 Å². The summed E-state index contributed by atoms with van der Waals surface area (Å²) in [5.74, 6) is 0. The summed E-state index contributed by atoms with van der Waals surface area (Å²) < 4.78 is 1.63. The maximum Gasteiger partial charge on any atom is 0.269 e. The molecular formula is C20H25N5O2S. The summed E-state index contributed by atoms with van der Waals surface area (Å²) in [4.78, 5) is 19.1. The van der Waals surface area contributed by atoms with Crippen LogP contribution in [0.2, 0.25) is 0 Å². The highest BCUT2D eigenvalue weighted by Crippen LogP contribution is 2.24. The van der Waals surface area contributed by atoms with Gasteiger partial charge in [0.05, 0.1) is 24.0 Å². The molecule has 0 bridgehead atoms. The highest BCUT2D eigenvalue weighted by Gasteiger charge is 2.24. The van der Waals surface area contributed by atoms with Gasteiger partial charge in [0.1, 0.15) is 10.9 Å². The van der Waals surface area contributed by atoms with Crippen molar-refractivity contribution in [2.24, 2.45) is 0 Å². The number of nitriles is 1. The Labute approximate surface area is 168 Å². The number of nitrogens with zero attached hydrogens (tertiary/aromatic N) is 5. The van der Waals surface area contributed by atoms with E-state index in [4.69, 9.17) is 5.26 Å². The molecular weight excluding hydrogens is 374 g/mol. The van der Waals surface area contributed by atoms with Gasteiger partial charge in [-0.05, 0) is 44.4 Å². The number of aliphatic hydroxyl groups excluding tert-OH is 1. The Balaban J connectivity index is 1.43. The van der Waals surface area contributed by atoms with E-state index in [9.17, 15) is 9.90 Å². The van der Waals surface area contributed by atoms with Gasteiger partial charge in [-0.15, -0.1) is 11.3 Å². The van der Waals surface area contributed by atoms with Crippen molar-refractivity contribution in [2.75, 3.05) is 31.1 Å². The Morgan fingerprint density at radius 2 is 2.07 bits per heavy atom. The Morgan fingerprint density at radius 3 is 2.79 bits per heavy atom. The van der Waals surface area contributed by atoms with E-state index in [0.29, 0.717) is 0 Å². The maximum atomic E-state index is 12.7. The lowest BCUT2D eigenvalue weighted by molar-refractivity contribution is 0.145.